The number of alkyl halides is 5. The Balaban J connectivity index is 3.19. The molecule has 1 heterocycles. The van der Waals surface area contributed by atoms with Gasteiger partial charge in [-0.2, -0.15) is 0 Å². The molecule has 0 aliphatic heterocycles. The van der Waals surface area contributed by atoms with Gasteiger partial charge >= 0.3 is 6.36 Å². The lowest BCUT2D eigenvalue weighted by molar-refractivity contribution is -0.275. The minimum atomic E-state index is -5.08. The molecule has 0 fully saturated rings. The van der Waals surface area contributed by atoms with Gasteiger partial charge in [-0.25, -0.2) is 18.2 Å². The third-order valence-corrected chi connectivity index (χ3v) is 1.67. The molecule has 0 saturated carbocycles. The van der Waals surface area contributed by atoms with Crippen molar-refractivity contribution >= 4 is 0 Å². The van der Waals surface area contributed by atoms with E-state index in [0.717, 1.165) is 0 Å². The molecule has 0 unspecified atom stereocenters. The van der Waals surface area contributed by atoms with E-state index in [4.69, 9.17) is 5.73 Å². The average molecular weight is 260 g/mol. The van der Waals surface area contributed by atoms with Crippen LogP contribution >= 0.6 is 0 Å². The fraction of sp³-hybridized carbons (Fsp3) is 0.375. The summed E-state index contributed by atoms with van der Waals surface area (Å²) in [4.78, 5) is 3.00. The summed E-state index contributed by atoms with van der Waals surface area (Å²) in [6.07, 6.45) is -8.33. The second-order valence-corrected chi connectivity index (χ2v) is 2.85. The van der Waals surface area contributed by atoms with Gasteiger partial charge in [0.15, 0.2) is 11.6 Å². The third-order valence-electron chi connectivity index (χ3n) is 1.67. The fourth-order valence-electron chi connectivity index (χ4n) is 1.04. The number of hydrogen-bond donors (Lipinski definition) is 1. The SMILES string of the molecule is NCc1nc(C(F)F)c(F)cc1OC(F)(F)F. The summed E-state index contributed by atoms with van der Waals surface area (Å²) in [5.74, 6) is -2.61. The van der Waals surface area contributed by atoms with Crippen molar-refractivity contribution in [3.8, 4) is 5.75 Å². The number of pyridine rings is 1. The minimum absolute atomic E-state index is 0.185. The molecule has 1 rings (SSSR count). The number of nitrogens with two attached hydrogens (primary N) is 1. The fourth-order valence-corrected chi connectivity index (χ4v) is 1.04. The molecule has 3 nitrogen and oxygen atoms in total. The van der Waals surface area contributed by atoms with Crippen LogP contribution in [-0.4, -0.2) is 11.3 Å². The standard InChI is InChI=1S/C8H6F6N2O/c9-3-1-5(17-8(12,13)14)4(2-15)16-6(3)7(10)11/h1,7H,2,15H2. The van der Waals surface area contributed by atoms with E-state index in [9.17, 15) is 26.3 Å². The van der Waals surface area contributed by atoms with Gasteiger partial charge in [-0.15, -0.1) is 13.2 Å². The predicted molar refractivity (Wildman–Crippen MR) is 43.7 cm³/mol. The van der Waals surface area contributed by atoms with Crippen molar-refractivity contribution in [1.29, 1.82) is 0 Å². The summed E-state index contributed by atoms with van der Waals surface area (Å²) in [5, 5.41) is 0. The van der Waals surface area contributed by atoms with Gasteiger partial charge in [0.05, 0.1) is 5.69 Å². The molecule has 0 radical (unpaired) electrons. The molecule has 0 aliphatic rings. The summed E-state index contributed by atoms with van der Waals surface area (Å²) < 4.78 is 76.4. The first-order chi connectivity index (χ1) is 7.74. The largest absolute Gasteiger partial charge is 0.573 e. The van der Waals surface area contributed by atoms with Crippen LogP contribution in [0, 0.1) is 5.82 Å². The van der Waals surface area contributed by atoms with Crippen LogP contribution in [-0.2, 0) is 6.54 Å². The topological polar surface area (TPSA) is 48.1 Å². The zero-order valence-electron chi connectivity index (χ0n) is 8.06. The molecule has 1 aromatic rings. The Morgan fingerprint density at radius 3 is 2.35 bits per heavy atom. The molecule has 17 heavy (non-hydrogen) atoms. The first kappa shape index (κ1) is 13.6. The molecular formula is C8H6F6N2O. The van der Waals surface area contributed by atoms with Crippen LogP contribution in [0.2, 0.25) is 0 Å². The molecule has 0 aliphatic carbocycles. The van der Waals surface area contributed by atoms with Crippen molar-refractivity contribution in [3.63, 3.8) is 0 Å². The molecular weight excluding hydrogens is 254 g/mol. The van der Waals surface area contributed by atoms with E-state index < -0.39 is 42.3 Å². The number of nitrogens with zero attached hydrogens (tertiary/aromatic N) is 1. The second kappa shape index (κ2) is 4.78. The van der Waals surface area contributed by atoms with E-state index in [0.29, 0.717) is 0 Å². The molecule has 96 valence electrons. The highest BCUT2D eigenvalue weighted by atomic mass is 19.4. The van der Waals surface area contributed by atoms with E-state index in [1.807, 2.05) is 0 Å². The van der Waals surface area contributed by atoms with Crippen LogP contribution < -0.4 is 10.5 Å². The van der Waals surface area contributed by atoms with Crippen LogP contribution in [0.4, 0.5) is 26.3 Å². The number of aromatic nitrogens is 1. The van der Waals surface area contributed by atoms with Crippen molar-refractivity contribution in [2.45, 2.75) is 19.3 Å². The molecule has 0 aromatic carbocycles. The minimum Gasteiger partial charge on any atom is -0.404 e. The Kier molecular flexibility index (Phi) is 3.81. The van der Waals surface area contributed by atoms with Gasteiger partial charge in [0.25, 0.3) is 6.43 Å². The Labute approximate surface area is 91.2 Å². The lowest BCUT2D eigenvalue weighted by atomic mass is 10.2. The van der Waals surface area contributed by atoms with Crippen molar-refractivity contribution in [3.05, 3.63) is 23.3 Å². The van der Waals surface area contributed by atoms with Crippen molar-refractivity contribution in [2.75, 3.05) is 0 Å². The summed E-state index contributed by atoms with van der Waals surface area (Å²) in [5.41, 5.74) is 3.15. The molecule has 0 spiro atoms. The average Bonchev–Trinajstić information content (AvgIpc) is 2.14. The van der Waals surface area contributed by atoms with Crippen LogP contribution in [0.5, 0.6) is 5.75 Å². The number of hydrogen-bond acceptors (Lipinski definition) is 3. The predicted octanol–water partition coefficient (Wildman–Crippen LogP) is 2.52. The van der Waals surface area contributed by atoms with E-state index >= 15 is 0 Å². The van der Waals surface area contributed by atoms with Gasteiger partial charge in [0, 0.05) is 12.6 Å². The van der Waals surface area contributed by atoms with Gasteiger partial charge in [-0.3, -0.25) is 0 Å². The summed E-state index contributed by atoms with van der Waals surface area (Å²) in [6, 6.07) is 0.185. The van der Waals surface area contributed by atoms with E-state index in [2.05, 4.69) is 9.72 Å². The highest BCUT2D eigenvalue weighted by Crippen LogP contribution is 2.29. The second-order valence-electron chi connectivity index (χ2n) is 2.85. The number of ether oxygens (including phenoxy) is 1. The van der Waals surface area contributed by atoms with Crippen molar-refractivity contribution in [1.82, 2.24) is 4.98 Å². The normalized spacial score (nSPS) is 12.0. The van der Waals surface area contributed by atoms with Gasteiger partial charge in [0.2, 0.25) is 0 Å². The third kappa shape index (κ3) is 3.48. The molecule has 9 heteroatoms. The zero-order chi connectivity index (χ0) is 13.2. The molecule has 1 aromatic heterocycles. The monoisotopic (exact) mass is 260 g/mol. The van der Waals surface area contributed by atoms with Crippen LogP contribution in [0.3, 0.4) is 0 Å². The van der Waals surface area contributed by atoms with E-state index in [1.54, 1.807) is 0 Å². The first-order valence-corrected chi connectivity index (χ1v) is 4.18. The maximum Gasteiger partial charge on any atom is 0.573 e. The van der Waals surface area contributed by atoms with Gasteiger partial charge in [-0.1, -0.05) is 0 Å². The van der Waals surface area contributed by atoms with Gasteiger partial charge in [0.1, 0.15) is 5.69 Å². The Hall–Kier alpha value is -1.51. The maximum atomic E-state index is 13.0. The summed E-state index contributed by atoms with van der Waals surface area (Å²) in [6.45, 7) is -0.592. The molecule has 2 N–H and O–H groups in total. The van der Waals surface area contributed by atoms with E-state index in [-0.39, 0.29) is 6.07 Å². The Morgan fingerprint density at radius 2 is 1.94 bits per heavy atom. The molecule has 0 atom stereocenters. The number of halogens is 6. The first-order valence-electron chi connectivity index (χ1n) is 4.18. The zero-order valence-corrected chi connectivity index (χ0v) is 8.06. The van der Waals surface area contributed by atoms with Crippen molar-refractivity contribution in [2.24, 2.45) is 5.73 Å². The van der Waals surface area contributed by atoms with Crippen molar-refractivity contribution < 1.29 is 31.1 Å². The highest BCUT2D eigenvalue weighted by molar-refractivity contribution is 5.31. The molecule has 0 saturated heterocycles. The summed E-state index contributed by atoms with van der Waals surface area (Å²) in [7, 11) is 0. The maximum absolute atomic E-state index is 13.0. The summed E-state index contributed by atoms with van der Waals surface area (Å²) >= 11 is 0. The molecule has 0 bridgehead atoms. The number of rotatable bonds is 3. The van der Waals surface area contributed by atoms with Crippen LogP contribution in [0.1, 0.15) is 17.8 Å². The van der Waals surface area contributed by atoms with Gasteiger partial charge in [-0.05, 0) is 0 Å². The van der Waals surface area contributed by atoms with Crippen LogP contribution in [0.15, 0.2) is 6.07 Å². The quantitative estimate of drug-likeness (QED) is 0.849. The molecule has 0 amide bonds. The lowest BCUT2D eigenvalue weighted by Gasteiger charge is -2.13. The van der Waals surface area contributed by atoms with Gasteiger partial charge < -0.3 is 10.5 Å². The lowest BCUT2D eigenvalue weighted by Crippen LogP contribution is -2.20. The Bertz CT molecular complexity index is 406. The smallest absolute Gasteiger partial charge is 0.404 e. The van der Waals surface area contributed by atoms with Crippen LogP contribution in [0.25, 0.3) is 0 Å². The van der Waals surface area contributed by atoms with E-state index in [1.165, 1.54) is 0 Å². The highest BCUT2D eigenvalue weighted by Gasteiger charge is 2.33. The Morgan fingerprint density at radius 1 is 1.35 bits per heavy atom.